The second-order valence-electron chi connectivity index (χ2n) is 5.24. The van der Waals surface area contributed by atoms with Crippen molar-refractivity contribution in [3.63, 3.8) is 0 Å². The number of carbonyl (C=O) groups is 1. The Morgan fingerprint density at radius 3 is 2.95 bits per heavy atom. The molecule has 1 amide bonds. The average Bonchev–Trinajstić information content (AvgIpc) is 2.40. The van der Waals surface area contributed by atoms with Crippen LogP contribution in [0.2, 0.25) is 0 Å². The first-order valence-electron chi connectivity index (χ1n) is 7.00. The molecular weight excluding hydrogens is 238 g/mol. The molecule has 1 aromatic rings. The van der Waals surface area contributed by atoms with Crippen LogP contribution in [-0.2, 0) is 4.79 Å². The second-order valence-corrected chi connectivity index (χ2v) is 5.24. The molecule has 0 aliphatic carbocycles. The molecule has 0 radical (unpaired) electrons. The summed E-state index contributed by atoms with van der Waals surface area (Å²) in [5, 5.41) is 9.82. The van der Waals surface area contributed by atoms with Gasteiger partial charge in [-0.05, 0) is 44.0 Å². The van der Waals surface area contributed by atoms with Crippen molar-refractivity contribution >= 4 is 17.3 Å². The van der Waals surface area contributed by atoms with Crippen molar-refractivity contribution in [3.05, 3.63) is 23.8 Å². The summed E-state index contributed by atoms with van der Waals surface area (Å²) in [6, 6.07) is 6.51. The Labute approximate surface area is 115 Å². The van der Waals surface area contributed by atoms with Crippen LogP contribution in [-0.4, -0.2) is 25.0 Å². The molecule has 0 aromatic heterocycles. The molecule has 0 spiro atoms. The number of rotatable bonds is 4. The number of piperidine rings is 1. The van der Waals surface area contributed by atoms with Crippen molar-refractivity contribution in [3.8, 4) is 0 Å². The van der Waals surface area contributed by atoms with Gasteiger partial charge in [0.2, 0.25) is 5.91 Å². The number of amides is 1. The smallest absolute Gasteiger partial charge is 0.221 e. The monoisotopic (exact) mass is 261 g/mol. The molecule has 4 nitrogen and oxygen atoms in total. The van der Waals surface area contributed by atoms with Gasteiger partial charge in [-0.25, -0.2) is 0 Å². The number of hydrogen-bond donors (Lipinski definition) is 3. The van der Waals surface area contributed by atoms with Crippen molar-refractivity contribution in [2.75, 3.05) is 23.7 Å². The van der Waals surface area contributed by atoms with E-state index < -0.39 is 0 Å². The first-order chi connectivity index (χ1) is 9.15. The first-order valence-corrected chi connectivity index (χ1v) is 7.00. The molecule has 104 valence electrons. The average molecular weight is 261 g/mol. The summed E-state index contributed by atoms with van der Waals surface area (Å²) in [4.78, 5) is 11.1. The van der Waals surface area contributed by atoms with Crippen molar-refractivity contribution in [2.24, 2.45) is 0 Å². The lowest BCUT2D eigenvalue weighted by atomic mass is 10.0. The summed E-state index contributed by atoms with van der Waals surface area (Å²) >= 11 is 0. The molecule has 1 fully saturated rings. The molecular formula is C15H23N3O. The zero-order valence-corrected chi connectivity index (χ0v) is 11.8. The molecule has 1 aromatic carbocycles. The van der Waals surface area contributed by atoms with Gasteiger partial charge in [0.25, 0.3) is 0 Å². The predicted molar refractivity (Wildman–Crippen MR) is 79.6 cm³/mol. The summed E-state index contributed by atoms with van der Waals surface area (Å²) in [7, 11) is 0. The summed E-state index contributed by atoms with van der Waals surface area (Å²) < 4.78 is 0. The van der Waals surface area contributed by atoms with E-state index in [2.05, 4.69) is 22.9 Å². The minimum absolute atomic E-state index is 0.0382. The molecule has 0 saturated carbocycles. The molecule has 3 N–H and O–H groups in total. The Morgan fingerprint density at radius 1 is 1.42 bits per heavy atom. The van der Waals surface area contributed by atoms with Crippen LogP contribution in [0.4, 0.5) is 11.4 Å². The lowest BCUT2D eigenvalue weighted by molar-refractivity contribution is -0.114. The van der Waals surface area contributed by atoms with Gasteiger partial charge in [0.15, 0.2) is 0 Å². The van der Waals surface area contributed by atoms with Crippen LogP contribution in [0, 0.1) is 6.92 Å². The van der Waals surface area contributed by atoms with Crippen LogP contribution in [0.5, 0.6) is 0 Å². The summed E-state index contributed by atoms with van der Waals surface area (Å²) in [6.45, 7) is 5.66. The van der Waals surface area contributed by atoms with E-state index in [9.17, 15) is 4.79 Å². The van der Waals surface area contributed by atoms with Gasteiger partial charge in [-0.3, -0.25) is 4.79 Å². The van der Waals surface area contributed by atoms with E-state index >= 15 is 0 Å². The third-order valence-corrected chi connectivity index (χ3v) is 3.51. The number of benzene rings is 1. The van der Waals surface area contributed by atoms with Gasteiger partial charge in [0.1, 0.15) is 0 Å². The molecule has 1 heterocycles. The fourth-order valence-electron chi connectivity index (χ4n) is 2.42. The summed E-state index contributed by atoms with van der Waals surface area (Å²) in [5.41, 5.74) is 3.14. The predicted octanol–water partition coefficient (Wildman–Crippen LogP) is 2.51. The fraction of sp³-hybridized carbons (Fsp3) is 0.533. The zero-order chi connectivity index (χ0) is 13.7. The molecule has 4 heteroatoms. The zero-order valence-electron chi connectivity index (χ0n) is 11.8. The molecule has 1 aliphatic heterocycles. The van der Waals surface area contributed by atoms with Gasteiger partial charge >= 0.3 is 0 Å². The standard InChI is InChI=1S/C15H23N3O/c1-11-6-7-13(18-12(2)19)9-15(11)17-10-14-5-3-4-8-16-14/h6-7,9,14,16-17H,3-5,8,10H2,1-2H3,(H,18,19). The SMILES string of the molecule is CC(=O)Nc1ccc(C)c(NCC2CCCCN2)c1. The van der Waals surface area contributed by atoms with Gasteiger partial charge in [-0.15, -0.1) is 0 Å². The highest BCUT2D eigenvalue weighted by Gasteiger charge is 2.12. The minimum Gasteiger partial charge on any atom is -0.383 e. The van der Waals surface area contributed by atoms with Crippen molar-refractivity contribution < 1.29 is 4.79 Å². The Hall–Kier alpha value is -1.55. The number of anilines is 2. The van der Waals surface area contributed by atoms with E-state index in [4.69, 9.17) is 0 Å². The quantitative estimate of drug-likeness (QED) is 0.780. The Kier molecular flexibility index (Phi) is 4.80. The second kappa shape index (κ2) is 6.57. The van der Waals surface area contributed by atoms with Crippen LogP contribution in [0.1, 0.15) is 31.7 Å². The van der Waals surface area contributed by atoms with Gasteiger partial charge < -0.3 is 16.0 Å². The fourth-order valence-corrected chi connectivity index (χ4v) is 2.42. The third-order valence-electron chi connectivity index (χ3n) is 3.51. The molecule has 0 bridgehead atoms. The van der Waals surface area contributed by atoms with Crippen LogP contribution in [0.25, 0.3) is 0 Å². The number of aryl methyl sites for hydroxylation is 1. The first kappa shape index (κ1) is 13.9. The van der Waals surface area contributed by atoms with E-state index in [1.807, 2.05) is 18.2 Å². The van der Waals surface area contributed by atoms with Crippen LogP contribution in [0.15, 0.2) is 18.2 Å². The highest BCUT2D eigenvalue weighted by Crippen LogP contribution is 2.20. The number of carbonyl (C=O) groups excluding carboxylic acids is 1. The summed E-state index contributed by atoms with van der Waals surface area (Å²) in [5.74, 6) is -0.0382. The Morgan fingerprint density at radius 2 is 2.26 bits per heavy atom. The third kappa shape index (κ3) is 4.24. The largest absolute Gasteiger partial charge is 0.383 e. The van der Waals surface area contributed by atoms with Crippen molar-refractivity contribution in [1.82, 2.24) is 5.32 Å². The van der Waals surface area contributed by atoms with E-state index in [1.54, 1.807) is 0 Å². The maximum Gasteiger partial charge on any atom is 0.221 e. The van der Waals surface area contributed by atoms with Crippen molar-refractivity contribution in [1.29, 1.82) is 0 Å². The Balaban J connectivity index is 1.95. The van der Waals surface area contributed by atoms with Gasteiger partial charge in [0, 0.05) is 30.9 Å². The van der Waals surface area contributed by atoms with Crippen LogP contribution < -0.4 is 16.0 Å². The molecule has 1 saturated heterocycles. The molecule has 1 unspecified atom stereocenters. The van der Waals surface area contributed by atoms with Gasteiger partial charge in [-0.2, -0.15) is 0 Å². The molecule has 1 atom stereocenters. The maximum absolute atomic E-state index is 11.1. The van der Waals surface area contributed by atoms with E-state index in [1.165, 1.54) is 31.7 Å². The van der Waals surface area contributed by atoms with E-state index in [0.29, 0.717) is 6.04 Å². The molecule has 1 aliphatic rings. The molecule has 19 heavy (non-hydrogen) atoms. The summed E-state index contributed by atoms with van der Waals surface area (Å²) in [6.07, 6.45) is 3.83. The van der Waals surface area contributed by atoms with Crippen LogP contribution in [0.3, 0.4) is 0 Å². The number of nitrogens with one attached hydrogen (secondary N) is 3. The van der Waals surface area contributed by atoms with Crippen LogP contribution >= 0.6 is 0 Å². The lowest BCUT2D eigenvalue weighted by Crippen LogP contribution is -2.39. The minimum atomic E-state index is -0.0382. The maximum atomic E-state index is 11.1. The molecule has 2 rings (SSSR count). The number of hydrogen-bond acceptors (Lipinski definition) is 3. The topological polar surface area (TPSA) is 53.2 Å². The van der Waals surface area contributed by atoms with Crippen molar-refractivity contribution in [2.45, 2.75) is 39.2 Å². The Bertz CT molecular complexity index is 439. The van der Waals surface area contributed by atoms with Gasteiger partial charge in [0.05, 0.1) is 0 Å². The van der Waals surface area contributed by atoms with E-state index in [0.717, 1.165) is 24.5 Å². The normalized spacial score (nSPS) is 18.9. The highest BCUT2D eigenvalue weighted by atomic mass is 16.1. The van der Waals surface area contributed by atoms with E-state index in [-0.39, 0.29) is 5.91 Å². The highest BCUT2D eigenvalue weighted by molar-refractivity contribution is 5.89. The lowest BCUT2D eigenvalue weighted by Gasteiger charge is -2.24. The van der Waals surface area contributed by atoms with Gasteiger partial charge in [-0.1, -0.05) is 12.5 Å².